The van der Waals surface area contributed by atoms with Crippen molar-refractivity contribution in [1.29, 1.82) is 0 Å². The smallest absolute Gasteiger partial charge is 0.251 e. The van der Waals surface area contributed by atoms with E-state index in [0.29, 0.717) is 17.1 Å². The molecule has 5 nitrogen and oxygen atoms in total. The van der Waals surface area contributed by atoms with Crippen LogP contribution in [0.1, 0.15) is 42.5 Å². The predicted molar refractivity (Wildman–Crippen MR) is 87.7 cm³/mol. The lowest BCUT2D eigenvalue weighted by atomic mass is 9.85. The second-order valence-electron chi connectivity index (χ2n) is 5.83. The van der Waals surface area contributed by atoms with Gasteiger partial charge in [0.15, 0.2) is 11.5 Å². The van der Waals surface area contributed by atoms with Crippen LogP contribution in [0.5, 0.6) is 11.5 Å². The van der Waals surface area contributed by atoms with Gasteiger partial charge in [-0.3, -0.25) is 4.79 Å². The van der Waals surface area contributed by atoms with Crippen molar-refractivity contribution in [3.63, 3.8) is 0 Å². The minimum atomic E-state index is -0.784. The molecule has 0 radical (unpaired) electrons. The topological polar surface area (TPSA) is 67.8 Å². The molecule has 0 heterocycles. The van der Waals surface area contributed by atoms with E-state index in [0.717, 1.165) is 32.1 Å². The van der Waals surface area contributed by atoms with Crippen molar-refractivity contribution in [2.45, 2.75) is 37.7 Å². The molecule has 0 aromatic heterocycles. The molecule has 0 spiro atoms. The minimum absolute atomic E-state index is 0.134. The van der Waals surface area contributed by atoms with E-state index < -0.39 is 5.60 Å². The molecule has 0 aliphatic heterocycles. The summed E-state index contributed by atoms with van der Waals surface area (Å²) in [5.41, 5.74) is -0.331. The van der Waals surface area contributed by atoms with Crippen molar-refractivity contribution in [3.8, 4) is 23.8 Å². The summed E-state index contributed by atoms with van der Waals surface area (Å²) in [6.07, 6.45) is 9.78. The number of methoxy groups -OCH3 is 1. The van der Waals surface area contributed by atoms with Gasteiger partial charge in [-0.25, -0.2) is 0 Å². The highest BCUT2D eigenvalue weighted by molar-refractivity contribution is 5.94. The molecule has 1 aromatic rings. The Morgan fingerprint density at radius 3 is 2.74 bits per heavy atom. The summed E-state index contributed by atoms with van der Waals surface area (Å²) in [6, 6.07) is 4.90. The van der Waals surface area contributed by atoms with E-state index in [4.69, 9.17) is 15.9 Å². The van der Waals surface area contributed by atoms with Gasteiger partial charge in [-0.15, -0.1) is 6.42 Å². The Kier molecular flexibility index (Phi) is 5.89. The standard InChI is InChI=1S/C18H23NO4/c1-3-11-23-15-8-7-14(12-16(15)22-2)17(20)19-13-18(21)9-5-4-6-10-18/h1,7-8,12,21H,4-6,9-11,13H2,2H3,(H,19,20). The van der Waals surface area contributed by atoms with Gasteiger partial charge in [-0.1, -0.05) is 25.2 Å². The summed E-state index contributed by atoms with van der Waals surface area (Å²) in [7, 11) is 1.50. The monoisotopic (exact) mass is 317 g/mol. The fourth-order valence-electron chi connectivity index (χ4n) is 2.78. The first-order chi connectivity index (χ1) is 11.1. The van der Waals surface area contributed by atoms with E-state index in [1.165, 1.54) is 7.11 Å². The molecule has 1 aromatic carbocycles. The Labute approximate surface area is 137 Å². The summed E-state index contributed by atoms with van der Waals surface area (Å²) >= 11 is 0. The number of benzene rings is 1. The molecule has 1 aliphatic rings. The Balaban J connectivity index is 2.00. The van der Waals surface area contributed by atoms with Gasteiger partial charge in [0.05, 0.1) is 12.7 Å². The van der Waals surface area contributed by atoms with Gasteiger partial charge in [-0.2, -0.15) is 0 Å². The molecule has 0 saturated heterocycles. The number of hydrogen-bond acceptors (Lipinski definition) is 4. The number of ether oxygens (including phenoxy) is 2. The van der Waals surface area contributed by atoms with Crippen LogP contribution in [0, 0.1) is 12.3 Å². The van der Waals surface area contributed by atoms with Gasteiger partial charge in [0.25, 0.3) is 5.91 Å². The third-order valence-corrected chi connectivity index (χ3v) is 4.10. The predicted octanol–water partition coefficient (Wildman–Crippen LogP) is 2.13. The zero-order valence-electron chi connectivity index (χ0n) is 13.4. The van der Waals surface area contributed by atoms with Crippen LogP contribution in [0.4, 0.5) is 0 Å². The maximum absolute atomic E-state index is 12.3. The van der Waals surface area contributed by atoms with E-state index in [1.54, 1.807) is 18.2 Å². The van der Waals surface area contributed by atoms with Gasteiger partial charge in [-0.05, 0) is 31.0 Å². The number of aliphatic hydroxyl groups is 1. The number of terminal acetylenes is 1. The van der Waals surface area contributed by atoms with Crippen LogP contribution in [0.25, 0.3) is 0 Å². The van der Waals surface area contributed by atoms with Crippen molar-refractivity contribution in [3.05, 3.63) is 23.8 Å². The molecule has 0 unspecified atom stereocenters. The minimum Gasteiger partial charge on any atom is -0.493 e. The molecule has 1 amide bonds. The van der Waals surface area contributed by atoms with Crippen LogP contribution < -0.4 is 14.8 Å². The molecule has 2 rings (SSSR count). The van der Waals surface area contributed by atoms with Crippen LogP contribution in [-0.4, -0.2) is 36.9 Å². The Bertz CT molecular complexity index is 585. The maximum Gasteiger partial charge on any atom is 0.251 e. The first kappa shape index (κ1) is 17.2. The fourth-order valence-corrected chi connectivity index (χ4v) is 2.78. The van der Waals surface area contributed by atoms with Crippen LogP contribution >= 0.6 is 0 Å². The Morgan fingerprint density at radius 2 is 2.09 bits per heavy atom. The van der Waals surface area contributed by atoms with Crippen molar-refractivity contribution >= 4 is 5.91 Å². The van der Waals surface area contributed by atoms with Crippen molar-refractivity contribution in [1.82, 2.24) is 5.32 Å². The Hall–Kier alpha value is -2.19. The van der Waals surface area contributed by atoms with E-state index in [1.807, 2.05) is 0 Å². The van der Waals surface area contributed by atoms with Crippen molar-refractivity contribution in [2.75, 3.05) is 20.3 Å². The molecular weight excluding hydrogens is 294 g/mol. The van der Waals surface area contributed by atoms with Gasteiger partial charge in [0.2, 0.25) is 0 Å². The summed E-state index contributed by atoms with van der Waals surface area (Å²) in [5, 5.41) is 13.2. The first-order valence-electron chi connectivity index (χ1n) is 7.83. The van der Waals surface area contributed by atoms with Gasteiger partial charge in [0.1, 0.15) is 6.61 Å². The second kappa shape index (κ2) is 7.89. The molecule has 0 bridgehead atoms. The highest BCUT2D eigenvalue weighted by Crippen LogP contribution is 2.29. The fraction of sp³-hybridized carbons (Fsp3) is 0.500. The average Bonchev–Trinajstić information content (AvgIpc) is 2.58. The number of rotatable bonds is 6. The van der Waals surface area contributed by atoms with E-state index >= 15 is 0 Å². The first-order valence-corrected chi connectivity index (χ1v) is 7.83. The molecule has 1 aliphatic carbocycles. The van der Waals surface area contributed by atoms with Crippen LogP contribution in [0.2, 0.25) is 0 Å². The summed E-state index contributed by atoms with van der Waals surface area (Å²) < 4.78 is 10.6. The third-order valence-electron chi connectivity index (χ3n) is 4.10. The highest BCUT2D eigenvalue weighted by Gasteiger charge is 2.29. The lowest BCUT2D eigenvalue weighted by Gasteiger charge is -2.32. The lowest BCUT2D eigenvalue weighted by molar-refractivity contribution is 0.00525. The number of carbonyl (C=O) groups is 1. The summed E-state index contributed by atoms with van der Waals surface area (Å²) in [5.74, 6) is 3.08. The maximum atomic E-state index is 12.3. The molecule has 2 N–H and O–H groups in total. The largest absolute Gasteiger partial charge is 0.493 e. The molecule has 124 valence electrons. The van der Waals surface area contributed by atoms with E-state index in [-0.39, 0.29) is 19.1 Å². The zero-order valence-corrected chi connectivity index (χ0v) is 13.4. The van der Waals surface area contributed by atoms with Crippen molar-refractivity contribution < 1.29 is 19.4 Å². The molecule has 1 saturated carbocycles. The second-order valence-corrected chi connectivity index (χ2v) is 5.83. The lowest BCUT2D eigenvalue weighted by Crippen LogP contribution is -2.44. The molecule has 1 fully saturated rings. The van der Waals surface area contributed by atoms with E-state index in [9.17, 15) is 9.90 Å². The van der Waals surface area contributed by atoms with Crippen LogP contribution in [0.3, 0.4) is 0 Å². The van der Waals surface area contributed by atoms with Gasteiger partial charge < -0.3 is 19.9 Å². The summed E-state index contributed by atoms with van der Waals surface area (Å²) in [6.45, 7) is 0.401. The molecule has 5 heteroatoms. The van der Waals surface area contributed by atoms with Crippen LogP contribution in [-0.2, 0) is 0 Å². The van der Waals surface area contributed by atoms with Gasteiger partial charge >= 0.3 is 0 Å². The Morgan fingerprint density at radius 1 is 1.35 bits per heavy atom. The third kappa shape index (κ3) is 4.64. The normalized spacial score (nSPS) is 16.2. The molecule has 0 atom stereocenters. The number of carbonyl (C=O) groups excluding carboxylic acids is 1. The average molecular weight is 317 g/mol. The van der Waals surface area contributed by atoms with Crippen molar-refractivity contribution in [2.24, 2.45) is 0 Å². The SMILES string of the molecule is C#CCOc1ccc(C(=O)NCC2(O)CCCCC2)cc1OC. The molecular formula is C18H23NO4. The van der Waals surface area contributed by atoms with Crippen LogP contribution in [0.15, 0.2) is 18.2 Å². The number of hydrogen-bond donors (Lipinski definition) is 2. The summed E-state index contributed by atoms with van der Waals surface area (Å²) in [4.78, 5) is 12.3. The quantitative estimate of drug-likeness (QED) is 0.789. The van der Waals surface area contributed by atoms with E-state index in [2.05, 4.69) is 11.2 Å². The number of amides is 1. The number of nitrogens with one attached hydrogen (secondary N) is 1. The zero-order chi connectivity index (χ0) is 16.7. The molecule has 23 heavy (non-hydrogen) atoms. The van der Waals surface area contributed by atoms with Gasteiger partial charge in [0, 0.05) is 12.1 Å². The highest BCUT2D eigenvalue weighted by atomic mass is 16.5.